The summed E-state index contributed by atoms with van der Waals surface area (Å²) < 4.78 is 22.1. The molecule has 1 amide bonds. The fourth-order valence-electron chi connectivity index (χ4n) is 4.83. The van der Waals surface area contributed by atoms with Crippen molar-refractivity contribution in [2.75, 3.05) is 33.4 Å². The van der Waals surface area contributed by atoms with Crippen LogP contribution >= 0.6 is 11.6 Å². The number of rotatable bonds is 9. The Labute approximate surface area is 205 Å². The first-order valence-electron chi connectivity index (χ1n) is 11.5. The van der Waals surface area contributed by atoms with Gasteiger partial charge < -0.3 is 14.6 Å². The summed E-state index contributed by atoms with van der Waals surface area (Å²) in [5.74, 6) is -0.888. The molecule has 0 saturated carbocycles. The van der Waals surface area contributed by atoms with Crippen molar-refractivity contribution < 1.29 is 13.9 Å². The Morgan fingerprint density at radius 1 is 1.35 bits per heavy atom. The molecule has 0 aliphatic carbocycles. The third-order valence-electron chi connectivity index (χ3n) is 6.41. The number of hydrogen-bond donors (Lipinski definition) is 1. The highest BCUT2D eigenvalue weighted by Crippen LogP contribution is 2.32. The molecule has 6 nitrogen and oxygen atoms in total. The standard InChI is InChI=1S/C26H32ClFN4O2/c1-17-12-20(19(3)32(17)18(2)16-34-4)13-21(14-29)26(33)30-15-24(31-10-5-6-11-31)25-22(27)8-7-9-23(25)28/h7-9,12-13,18,24H,5-6,10-11,15-16H2,1-4H3,(H,30,33). The Morgan fingerprint density at radius 3 is 2.68 bits per heavy atom. The molecule has 1 fully saturated rings. The molecule has 8 heteroatoms. The number of halogens is 2. The second-order valence-electron chi connectivity index (χ2n) is 8.77. The van der Waals surface area contributed by atoms with Gasteiger partial charge in [0.2, 0.25) is 0 Å². The summed E-state index contributed by atoms with van der Waals surface area (Å²) >= 11 is 6.34. The number of carbonyl (C=O) groups excluding carboxylic acids is 1. The van der Waals surface area contributed by atoms with E-state index >= 15 is 0 Å². The number of ether oxygens (including phenoxy) is 1. The van der Waals surface area contributed by atoms with Crippen LogP contribution in [0.15, 0.2) is 29.8 Å². The normalized spacial score (nSPS) is 16.3. The van der Waals surface area contributed by atoms with E-state index in [0.717, 1.165) is 42.9 Å². The largest absolute Gasteiger partial charge is 0.383 e. The molecule has 2 unspecified atom stereocenters. The van der Waals surface area contributed by atoms with E-state index in [0.29, 0.717) is 17.2 Å². The summed E-state index contributed by atoms with van der Waals surface area (Å²) in [7, 11) is 1.66. The molecular formula is C26H32ClFN4O2. The summed E-state index contributed by atoms with van der Waals surface area (Å²) in [6.45, 7) is 8.32. The Morgan fingerprint density at radius 2 is 2.06 bits per heavy atom. The zero-order valence-electron chi connectivity index (χ0n) is 20.2. The maximum Gasteiger partial charge on any atom is 0.262 e. The number of amides is 1. The van der Waals surface area contributed by atoms with E-state index in [1.165, 1.54) is 6.07 Å². The van der Waals surface area contributed by atoms with Crippen LogP contribution < -0.4 is 5.32 Å². The van der Waals surface area contributed by atoms with E-state index < -0.39 is 17.8 Å². The lowest BCUT2D eigenvalue weighted by Crippen LogP contribution is -2.37. The lowest BCUT2D eigenvalue weighted by atomic mass is 10.0. The highest BCUT2D eigenvalue weighted by atomic mass is 35.5. The number of aromatic nitrogens is 1. The van der Waals surface area contributed by atoms with Crippen LogP contribution in [0.25, 0.3) is 6.08 Å². The van der Waals surface area contributed by atoms with Gasteiger partial charge in [0.25, 0.3) is 5.91 Å². The van der Waals surface area contributed by atoms with Gasteiger partial charge in [-0.3, -0.25) is 9.69 Å². The van der Waals surface area contributed by atoms with E-state index in [2.05, 4.69) is 21.7 Å². The van der Waals surface area contributed by atoms with Crippen molar-refractivity contribution >= 4 is 23.6 Å². The minimum absolute atomic E-state index is 0.000512. The van der Waals surface area contributed by atoms with E-state index in [4.69, 9.17) is 16.3 Å². The number of likely N-dealkylation sites (tertiary alicyclic amines) is 1. The van der Waals surface area contributed by atoms with Gasteiger partial charge in [-0.25, -0.2) is 4.39 Å². The quantitative estimate of drug-likeness (QED) is 0.401. The number of nitrogens with zero attached hydrogens (tertiary/aromatic N) is 3. The van der Waals surface area contributed by atoms with Gasteiger partial charge in [0.1, 0.15) is 17.5 Å². The van der Waals surface area contributed by atoms with E-state index in [9.17, 15) is 14.4 Å². The molecule has 0 bridgehead atoms. The number of aryl methyl sites for hydroxylation is 1. The number of methoxy groups -OCH3 is 1. The zero-order valence-corrected chi connectivity index (χ0v) is 21.0. The fourth-order valence-corrected chi connectivity index (χ4v) is 5.12. The molecular weight excluding hydrogens is 455 g/mol. The average Bonchev–Trinajstić information content (AvgIpc) is 3.42. The third-order valence-corrected chi connectivity index (χ3v) is 6.74. The molecule has 0 spiro atoms. The maximum absolute atomic E-state index is 14.7. The minimum Gasteiger partial charge on any atom is -0.383 e. The molecule has 2 heterocycles. The van der Waals surface area contributed by atoms with Crippen LogP contribution in [0, 0.1) is 31.0 Å². The van der Waals surface area contributed by atoms with Gasteiger partial charge in [0.15, 0.2) is 0 Å². The first-order chi connectivity index (χ1) is 16.3. The summed E-state index contributed by atoms with van der Waals surface area (Å²) in [5, 5.41) is 12.9. The number of nitrogens with one attached hydrogen (secondary N) is 1. The van der Waals surface area contributed by atoms with Crippen molar-refractivity contribution in [2.24, 2.45) is 0 Å². The predicted molar refractivity (Wildman–Crippen MR) is 132 cm³/mol. The Kier molecular flexibility index (Phi) is 8.90. The topological polar surface area (TPSA) is 70.3 Å². The number of benzene rings is 1. The van der Waals surface area contributed by atoms with E-state index in [1.54, 1.807) is 25.3 Å². The van der Waals surface area contributed by atoms with Crippen LogP contribution in [0.3, 0.4) is 0 Å². The van der Waals surface area contributed by atoms with Crippen LogP contribution in [-0.4, -0.2) is 48.7 Å². The summed E-state index contributed by atoms with van der Waals surface area (Å²) in [5.41, 5.74) is 3.16. The first kappa shape index (κ1) is 26.0. The Balaban J connectivity index is 1.82. The molecule has 34 heavy (non-hydrogen) atoms. The van der Waals surface area contributed by atoms with Crippen LogP contribution in [-0.2, 0) is 9.53 Å². The number of nitriles is 1. The van der Waals surface area contributed by atoms with Crippen molar-refractivity contribution in [2.45, 2.75) is 45.7 Å². The Bertz CT molecular complexity index is 1080. The molecule has 0 radical (unpaired) electrons. The molecule has 2 atom stereocenters. The van der Waals surface area contributed by atoms with Crippen molar-refractivity contribution in [3.63, 3.8) is 0 Å². The summed E-state index contributed by atoms with van der Waals surface area (Å²) in [6, 6.07) is 8.31. The summed E-state index contributed by atoms with van der Waals surface area (Å²) in [4.78, 5) is 15.1. The molecule has 1 aliphatic heterocycles. The fraction of sp³-hybridized carbons (Fsp3) is 0.462. The molecule has 1 saturated heterocycles. The van der Waals surface area contributed by atoms with Crippen LogP contribution in [0.5, 0.6) is 0 Å². The van der Waals surface area contributed by atoms with Crippen LogP contribution in [0.4, 0.5) is 4.39 Å². The van der Waals surface area contributed by atoms with Gasteiger partial charge in [0.05, 0.1) is 18.7 Å². The van der Waals surface area contributed by atoms with Crippen molar-refractivity contribution in [3.8, 4) is 6.07 Å². The molecule has 1 aromatic heterocycles. The molecule has 1 aliphatic rings. The second kappa shape index (κ2) is 11.7. The second-order valence-corrected chi connectivity index (χ2v) is 9.18. The molecule has 1 aromatic carbocycles. The highest BCUT2D eigenvalue weighted by molar-refractivity contribution is 6.31. The van der Waals surface area contributed by atoms with Gasteiger partial charge in [-0.2, -0.15) is 5.26 Å². The molecule has 1 N–H and O–H groups in total. The van der Waals surface area contributed by atoms with Gasteiger partial charge >= 0.3 is 0 Å². The SMILES string of the molecule is COCC(C)n1c(C)cc(C=C(C#N)C(=O)NCC(c2c(F)cccc2Cl)N2CCCC2)c1C. The lowest BCUT2D eigenvalue weighted by Gasteiger charge is -2.29. The van der Waals surface area contributed by atoms with E-state index in [-0.39, 0.29) is 18.2 Å². The molecule has 3 rings (SSSR count). The monoisotopic (exact) mass is 486 g/mol. The number of hydrogen-bond acceptors (Lipinski definition) is 4. The van der Waals surface area contributed by atoms with Crippen molar-refractivity contribution in [3.05, 3.63) is 63.2 Å². The first-order valence-corrected chi connectivity index (χ1v) is 11.9. The predicted octanol–water partition coefficient (Wildman–Crippen LogP) is 4.97. The zero-order chi connectivity index (χ0) is 24.8. The molecule has 2 aromatic rings. The van der Waals surface area contributed by atoms with Crippen molar-refractivity contribution in [1.82, 2.24) is 14.8 Å². The van der Waals surface area contributed by atoms with Gasteiger partial charge in [-0.1, -0.05) is 17.7 Å². The summed E-state index contributed by atoms with van der Waals surface area (Å²) in [6.07, 6.45) is 3.63. The van der Waals surface area contributed by atoms with Crippen LogP contribution in [0.2, 0.25) is 5.02 Å². The smallest absolute Gasteiger partial charge is 0.262 e. The van der Waals surface area contributed by atoms with Gasteiger partial charge in [-0.05, 0) is 76.5 Å². The van der Waals surface area contributed by atoms with E-state index in [1.807, 2.05) is 26.0 Å². The highest BCUT2D eigenvalue weighted by Gasteiger charge is 2.28. The van der Waals surface area contributed by atoms with Gasteiger partial charge in [0, 0.05) is 35.6 Å². The van der Waals surface area contributed by atoms with Gasteiger partial charge in [-0.15, -0.1) is 0 Å². The van der Waals surface area contributed by atoms with Crippen molar-refractivity contribution in [1.29, 1.82) is 5.26 Å². The third kappa shape index (κ3) is 5.69. The number of carbonyl (C=O) groups is 1. The molecule has 182 valence electrons. The average molecular weight is 487 g/mol. The minimum atomic E-state index is -0.492. The maximum atomic E-state index is 14.7. The van der Waals surface area contributed by atoms with Crippen LogP contribution in [0.1, 0.15) is 54.4 Å². The Hall–Kier alpha value is -2.66. The lowest BCUT2D eigenvalue weighted by molar-refractivity contribution is -0.117.